The number of furan rings is 1. The van der Waals surface area contributed by atoms with Gasteiger partial charge < -0.3 is 10.2 Å². The van der Waals surface area contributed by atoms with Gasteiger partial charge in [0.05, 0.1) is 12.8 Å². The molecule has 0 bridgehead atoms. The largest absolute Gasteiger partial charge is 0.468 e. The van der Waals surface area contributed by atoms with Gasteiger partial charge in [0.1, 0.15) is 5.76 Å². The summed E-state index contributed by atoms with van der Waals surface area (Å²) in [7, 11) is -3.68. The van der Waals surface area contributed by atoms with E-state index in [-0.39, 0.29) is 24.2 Å². The first-order valence-corrected chi connectivity index (χ1v) is 8.26. The molecule has 3 N–H and O–H groups in total. The Labute approximate surface area is 123 Å². The number of hydrogen-bond acceptors (Lipinski definition) is 5. The normalized spacial score (nSPS) is 15.8. The number of rotatable bonds is 6. The van der Waals surface area contributed by atoms with Crippen molar-refractivity contribution in [3.8, 4) is 0 Å². The number of aromatic nitrogens is 2. The number of nitrogens with one attached hydrogen (secondary N) is 1. The molecule has 0 amide bonds. The highest BCUT2D eigenvalue weighted by molar-refractivity contribution is 7.89. The molecule has 0 atom stereocenters. The minimum absolute atomic E-state index is 0.0164. The van der Waals surface area contributed by atoms with Gasteiger partial charge in [-0.25, -0.2) is 8.42 Å². The lowest BCUT2D eigenvalue weighted by Gasteiger charge is -2.20. The van der Waals surface area contributed by atoms with E-state index in [0.29, 0.717) is 17.0 Å². The average Bonchev–Trinajstić information content (AvgIpc) is 3.00. The summed E-state index contributed by atoms with van der Waals surface area (Å²) in [5.74, 6) is 0.618. The third-order valence-electron chi connectivity index (χ3n) is 3.64. The van der Waals surface area contributed by atoms with Gasteiger partial charge in [-0.2, -0.15) is 9.40 Å². The molecule has 0 aliphatic heterocycles. The first-order chi connectivity index (χ1) is 10.0. The van der Waals surface area contributed by atoms with Crippen molar-refractivity contribution in [3.05, 3.63) is 35.4 Å². The maximum absolute atomic E-state index is 12.9. The second-order valence-corrected chi connectivity index (χ2v) is 7.00. The average molecular weight is 310 g/mol. The fourth-order valence-electron chi connectivity index (χ4n) is 2.32. The van der Waals surface area contributed by atoms with E-state index in [1.54, 1.807) is 19.1 Å². The minimum atomic E-state index is -3.68. The SMILES string of the molecule is Cc1[nH]nc(S(=O)(=O)N(Cc2ccco2)C2CC2)c1CN. The topological polar surface area (TPSA) is 105 Å². The molecular formula is C13H18N4O3S. The smallest absolute Gasteiger partial charge is 0.263 e. The molecule has 114 valence electrons. The molecular weight excluding hydrogens is 292 g/mol. The summed E-state index contributed by atoms with van der Waals surface area (Å²) in [4.78, 5) is 0. The molecule has 0 saturated heterocycles. The van der Waals surface area contributed by atoms with Crippen molar-refractivity contribution in [2.45, 2.75) is 43.9 Å². The second-order valence-electron chi connectivity index (χ2n) is 5.20. The predicted molar refractivity (Wildman–Crippen MR) is 75.7 cm³/mol. The van der Waals surface area contributed by atoms with Crippen molar-refractivity contribution in [3.63, 3.8) is 0 Å². The van der Waals surface area contributed by atoms with Crippen LogP contribution < -0.4 is 5.73 Å². The van der Waals surface area contributed by atoms with Gasteiger partial charge in [0.15, 0.2) is 5.03 Å². The van der Waals surface area contributed by atoms with Crippen LogP contribution in [-0.4, -0.2) is 29.0 Å². The van der Waals surface area contributed by atoms with Gasteiger partial charge in [-0.3, -0.25) is 5.10 Å². The van der Waals surface area contributed by atoms with Gasteiger partial charge in [0, 0.05) is 23.8 Å². The molecule has 8 heteroatoms. The van der Waals surface area contributed by atoms with Crippen LogP contribution in [0, 0.1) is 6.92 Å². The van der Waals surface area contributed by atoms with E-state index in [9.17, 15) is 8.42 Å². The molecule has 7 nitrogen and oxygen atoms in total. The van der Waals surface area contributed by atoms with Crippen LogP contribution in [0.1, 0.15) is 29.9 Å². The van der Waals surface area contributed by atoms with Crippen molar-refractivity contribution >= 4 is 10.0 Å². The molecule has 0 unspecified atom stereocenters. The molecule has 0 radical (unpaired) electrons. The van der Waals surface area contributed by atoms with Crippen molar-refractivity contribution in [1.82, 2.24) is 14.5 Å². The van der Waals surface area contributed by atoms with E-state index in [4.69, 9.17) is 10.2 Å². The van der Waals surface area contributed by atoms with Crippen LogP contribution in [0.2, 0.25) is 0 Å². The highest BCUT2D eigenvalue weighted by Gasteiger charge is 2.40. The fourth-order valence-corrected chi connectivity index (χ4v) is 4.16. The standard InChI is InChI=1S/C13H18N4O3S/c1-9-12(7-14)13(16-15-9)21(18,19)17(10-4-5-10)8-11-3-2-6-20-11/h2-3,6,10H,4-5,7-8,14H2,1H3,(H,15,16). The van der Waals surface area contributed by atoms with Crippen molar-refractivity contribution in [2.24, 2.45) is 5.73 Å². The van der Waals surface area contributed by atoms with Crippen LogP contribution in [0.3, 0.4) is 0 Å². The Kier molecular flexibility index (Phi) is 3.60. The molecule has 2 aromatic heterocycles. The number of aromatic amines is 1. The van der Waals surface area contributed by atoms with E-state index in [2.05, 4.69) is 10.2 Å². The third kappa shape index (κ3) is 2.61. The summed E-state index contributed by atoms with van der Waals surface area (Å²) in [5, 5.41) is 6.69. The van der Waals surface area contributed by atoms with Gasteiger partial charge in [0.2, 0.25) is 0 Å². The highest BCUT2D eigenvalue weighted by Crippen LogP contribution is 2.34. The Morgan fingerprint density at radius 2 is 2.29 bits per heavy atom. The molecule has 0 aromatic carbocycles. The number of H-pyrrole nitrogens is 1. The Hall–Kier alpha value is -1.64. The number of nitrogens with zero attached hydrogens (tertiary/aromatic N) is 2. The van der Waals surface area contributed by atoms with Crippen LogP contribution >= 0.6 is 0 Å². The van der Waals surface area contributed by atoms with E-state index in [1.807, 2.05) is 0 Å². The number of hydrogen-bond donors (Lipinski definition) is 2. The van der Waals surface area contributed by atoms with Crippen LogP contribution in [0.25, 0.3) is 0 Å². The quantitative estimate of drug-likeness (QED) is 0.832. The number of nitrogens with two attached hydrogens (primary N) is 1. The van der Waals surface area contributed by atoms with Gasteiger partial charge in [-0.05, 0) is 31.9 Å². The van der Waals surface area contributed by atoms with Crippen molar-refractivity contribution in [1.29, 1.82) is 0 Å². The first-order valence-electron chi connectivity index (χ1n) is 6.82. The molecule has 1 fully saturated rings. The lowest BCUT2D eigenvalue weighted by atomic mass is 10.3. The van der Waals surface area contributed by atoms with E-state index < -0.39 is 10.0 Å². The van der Waals surface area contributed by atoms with E-state index >= 15 is 0 Å². The number of aryl methyl sites for hydroxylation is 1. The van der Waals surface area contributed by atoms with Crippen LogP contribution in [0.15, 0.2) is 27.8 Å². The van der Waals surface area contributed by atoms with Gasteiger partial charge in [-0.15, -0.1) is 0 Å². The lowest BCUT2D eigenvalue weighted by Crippen LogP contribution is -2.33. The van der Waals surface area contributed by atoms with Crippen LogP contribution in [0.5, 0.6) is 0 Å². The lowest BCUT2D eigenvalue weighted by molar-refractivity contribution is 0.355. The molecule has 3 rings (SSSR count). The van der Waals surface area contributed by atoms with Gasteiger partial charge in [0.25, 0.3) is 10.0 Å². The summed E-state index contributed by atoms with van der Waals surface area (Å²) in [6.07, 6.45) is 3.26. The zero-order valence-electron chi connectivity index (χ0n) is 11.7. The minimum Gasteiger partial charge on any atom is -0.468 e. The Balaban J connectivity index is 1.97. The molecule has 1 aliphatic carbocycles. The van der Waals surface area contributed by atoms with Gasteiger partial charge >= 0.3 is 0 Å². The highest BCUT2D eigenvalue weighted by atomic mass is 32.2. The molecule has 2 heterocycles. The summed E-state index contributed by atoms with van der Waals surface area (Å²) < 4.78 is 32.5. The zero-order valence-corrected chi connectivity index (χ0v) is 12.6. The van der Waals surface area contributed by atoms with Crippen molar-refractivity contribution in [2.75, 3.05) is 0 Å². The predicted octanol–water partition coefficient (Wildman–Crippen LogP) is 1.12. The first kappa shape index (κ1) is 14.3. The van der Waals surface area contributed by atoms with E-state index in [1.165, 1.54) is 10.6 Å². The maximum atomic E-state index is 12.9. The number of sulfonamides is 1. The zero-order chi connectivity index (χ0) is 15.0. The Bertz CT molecular complexity index is 717. The van der Waals surface area contributed by atoms with E-state index in [0.717, 1.165) is 12.8 Å². The third-order valence-corrected chi connectivity index (χ3v) is 5.51. The monoisotopic (exact) mass is 310 g/mol. The molecule has 1 aliphatic rings. The maximum Gasteiger partial charge on any atom is 0.263 e. The Morgan fingerprint density at radius 3 is 2.86 bits per heavy atom. The fraction of sp³-hybridized carbons (Fsp3) is 0.462. The molecule has 0 spiro atoms. The summed E-state index contributed by atoms with van der Waals surface area (Å²) in [5.41, 5.74) is 6.89. The summed E-state index contributed by atoms with van der Waals surface area (Å²) in [6.45, 7) is 2.12. The second kappa shape index (κ2) is 5.28. The Morgan fingerprint density at radius 1 is 1.52 bits per heavy atom. The van der Waals surface area contributed by atoms with Crippen molar-refractivity contribution < 1.29 is 12.8 Å². The van der Waals surface area contributed by atoms with Crippen LogP contribution in [0.4, 0.5) is 0 Å². The van der Waals surface area contributed by atoms with Crippen LogP contribution in [-0.2, 0) is 23.1 Å². The molecule has 1 saturated carbocycles. The summed E-state index contributed by atoms with van der Waals surface area (Å²) >= 11 is 0. The van der Waals surface area contributed by atoms with Gasteiger partial charge in [-0.1, -0.05) is 0 Å². The molecule has 2 aromatic rings. The summed E-state index contributed by atoms with van der Waals surface area (Å²) in [6, 6.07) is 3.53. The molecule has 21 heavy (non-hydrogen) atoms.